The molecule has 5 nitrogen and oxygen atoms in total. The highest BCUT2D eigenvalue weighted by atomic mass is 16.2. The summed E-state index contributed by atoms with van der Waals surface area (Å²) in [6, 6.07) is 16.9. The standard InChI is InChI=1S/C21H25N3O2/c22-18-11-6-9-16(18)13-20(25)24-19-12-5-4-10-17(19)21(26)23-14-15-7-2-1-3-8-15/h1-5,7-8,10,12,16,18H,6,9,11,13-14,22H2,(H,23,26)(H,24,25)/t16-,18+/m0/s1. The summed E-state index contributed by atoms with van der Waals surface area (Å²) < 4.78 is 0. The number of anilines is 1. The number of hydrogen-bond acceptors (Lipinski definition) is 3. The molecule has 1 fully saturated rings. The van der Waals surface area contributed by atoms with Crippen LogP contribution in [0.4, 0.5) is 5.69 Å². The Balaban J connectivity index is 1.61. The second kappa shape index (κ2) is 8.63. The van der Waals surface area contributed by atoms with E-state index in [0.717, 1.165) is 24.8 Å². The van der Waals surface area contributed by atoms with Gasteiger partial charge in [-0.25, -0.2) is 0 Å². The third-order valence-corrected chi connectivity index (χ3v) is 4.91. The summed E-state index contributed by atoms with van der Waals surface area (Å²) in [5.74, 6) is -0.0629. The van der Waals surface area contributed by atoms with Crippen LogP contribution in [0.1, 0.15) is 41.6 Å². The number of rotatable bonds is 6. The van der Waals surface area contributed by atoms with Crippen LogP contribution in [0.15, 0.2) is 54.6 Å². The van der Waals surface area contributed by atoms with E-state index in [9.17, 15) is 9.59 Å². The molecule has 0 aromatic heterocycles. The molecule has 0 heterocycles. The van der Waals surface area contributed by atoms with Gasteiger partial charge in [-0.3, -0.25) is 9.59 Å². The Morgan fingerprint density at radius 2 is 1.73 bits per heavy atom. The first-order chi connectivity index (χ1) is 12.6. The van der Waals surface area contributed by atoms with Gasteiger partial charge in [0, 0.05) is 19.0 Å². The van der Waals surface area contributed by atoms with Gasteiger partial charge in [-0.2, -0.15) is 0 Å². The van der Waals surface area contributed by atoms with Crippen LogP contribution in [0.2, 0.25) is 0 Å². The van der Waals surface area contributed by atoms with Crippen LogP contribution >= 0.6 is 0 Å². The third kappa shape index (κ3) is 4.70. The Hall–Kier alpha value is -2.66. The SMILES string of the molecule is N[C@@H]1CCC[C@H]1CC(=O)Nc1ccccc1C(=O)NCc1ccccc1. The lowest BCUT2D eigenvalue weighted by atomic mass is 9.99. The van der Waals surface area contributed by atoms with Gasteiger partial charge in [-0.05, 0) is 36.5 Å². The summed E-state index contributed by atoms with van der Waals surface area (Å²) in [6.07, 6.45) is 3.46. The number of benzene rings is 2. The van der Waals surface area contributed by atoms with Crippen LogP contribution in [0.3, 0.4) is 0 Å². The lowest BCUT2D eigenvalue weighted by Crippen LogP contribution is -2.29. The molecule has 1 aliphatic carbocycles. The highest BCUT2D eigenvalue weighted by Crippen LogP contribution is 2.27. The van der Waals surface area contributed by atoms with Crippen molar-refractivity contribution in [1.29, 1.82) is 0 Å². The van der Waals surface area contributed by atoms with E-state index in [1.165, 1.54) is 0 Å². The molecule has 2 atom stereocenters. The minimum Gasteiger partial charge on any atom is -0.348 e. The smallest absolute Gasteiger partial charge is 0.253 e. The monoisotopic (exact) mass is 351 g/mol. The van der Waals surface area contributed by atoms with Crippen LogP contribution in [-0.2, 0) is 11.3 Å². The predicted molar refractivity (Wildman–Crippen MR) is 103 cm³/mol. The number of hydrogen-bond donors (Lipinski definition) is 3. The zero-order valence-corrected chi connectivity index (χ0v) is 14.8. The van der Waals surface area contributed by atoms with Gasteiger partial charge in [-0.15, -0.1) is 0 Å². The number of para-hydroxylation sites is 1. The van der Waals surface area contributed by atoms with Gasteiger partial charge in [-0.1, -0.05) is 48.9 Å². The Labute approximate surface area is 154 Å². The summed E-state index contributed by atoms with van der Waals surface area (Å²) in [7, 11) is 0. The summed E-state index contributed by atoms with van der Waals surface area (Å²) in [5, 5.41) is 5.78. The van der Waals surface area contributed by atoms with Gasteiger partial charge in [0.25, 0.3) is 5.91 Å². The maximum Gasteiger partial charge on any atom is 0.253 e. The molecule has 0 unspecified atom stereocenters. The highest BCUT2D eigenvalue weighted by Gasteiger charge is 2.26. The Kier molecular flexibility index (Phi) is 6.02. The second-order valence-corrected chi connectivity index (χ2v) is 6.82. The number of nitrogens with two attached hydrogens (primary N) is 1. The maximum absolute atomic E-state index is 12.5. The zero-order valence-electron chi connectivity index (χ0n) is 14.8. The molecular formula is C21H25N3O2. The molecule has 0 aliphatic heterocycles. The van der Waals surface area contributed by atoms with E-state index in [1.807, 2.05) is 36.4 Å². The van der Waals surface area contributed by atoms with Crippen molar-refractivity contribution in [2.24, 2.45) is 11.7 Å². The van der Waals surface area contributed by atoms with Crippen LogP contribution in [0, 0.1) is 5.92 Å². The molecule has 0 saturated heterocycles. The number of nitrogens with one attached hydrogen (secondary N) is 2. The number of carbonyl (C=O) groups is 2. The average molecular weight is 351 g/mol. The van der Waals surface area contributed by atoms with E-state index >= 15 is 0 Å². The van der Waals surface area contributed by atoms with Gasteiger partial charge < -0.3 is 16.4 Å². The summed E-state index contributed by atoms with van der Waals surface area (Å²) in [4.78, 5) is 24.9. The first-order valence-electron chi connectivity index (χ1n) is 9.10. The number of amides is 2. The minimum atomic E-state index is -0.206. The first-order valence-corrected chi connectivity index (χ1v) is 9.10. The topological polar surface area (TPSA) is 84.2 Å². The second-order valence-electron chi connectivity index (χ2n) is 6.82. The fraction of sp³-hybridized carbons (Fsp3) is 0.333. The van der Waals surface area contributed by atoms with Crippen molar-refractivity contribution in [2.45, 2.75) is 38.3 Å². The summed E-state index contributed by atoms with van der Waals surface area (Å²) in [5.41, 5.74) is 8.08. The Morgan fingerprint density at radius 1 is 1.00 bits per heavy atom. The minimum absolute atomic E-state index is 0.0874. The molecule has 0 radical (unpaired) electrons. The largest absolute Gasteiger partial charge is 0.348 e. The molecule has 0 bridgehead atoms. The summed E-state index contributed by atoms with van der Waals surface area (Å²) >= 11 is 0. The van der Waals surface area contributed by atoms with E-state index < -0.39 is 0 Å². The Morgan fingerprint density at radius 3 is 2.46 bits per heavy atom. The van der Waals surface area contributed by atoms with E-state index in [0.29, 0.717) is 24.2 Å². The molecule has 4 N–H and O–H groups in total. The van der Waals surface area contributed by atoms with Crippen molar-refractivity contribution in [1.82, 2.24) is 5.32 Å². The average Bonchev–Trinajstić information content (AvgIpc) is 3.05. The van der Waals surface area contributed by atoms with Gasteiger partial charge >= 0.3 is 0 Å². The molecule has 136 valence electrons. The fourth-order valence-electron chi connectivity index (χ4n) is 3.42. The van der Waals surface area contributed by atoms with Crippen molar-refractivity contribution < 1.29 is 9.59 Å². The molecule has 3 rings (SSSR count). The number of carbonyl (C=O) groups excluding carboxylic acids is 2. The highest BCUT2D eigenvalue weighted by molar-refractivity contribution is 6.03. The molecule has 1 saturated carbocycles. The van der Waals surface area contributed by atoms with E-state index in [1.54, 1.807) is 18.2 Å². The van der Waals surface area contributed by atoms with E-state index in [2.05, 4.69) is 10.6 Å². The van der Waals surface area contributed by atoms with E-state index in [4.69, 9.17) is 5.73 Å². The van der Waals surface area contributed by atoms with Gasteiger partial charge in [0.05, 0.1) is 11.3 Å². The quantitative estimate of drug-likeness (QED) is 0.748. The van der Waals surface area contributed by atoms with Gasteiger partial charge in [0.2, 0.25) is 5.91 Å². The molecule has 0 spiro atoms. The fourth-order valence-corrected chi connectivity index (χ4v) is 3.42. The van der Waals surface area contributed by atoms with E-state index in [-0.39, 0.29) is 23.8 Å². The van der Waals surface area contributed by atoms with Crippen LogP contribution in [-0.4, -0.2) is 17.9 Å². The van der Waals surface area contributed by atoms with Crippen LogP contribution < -0.4 is 16.4 Å². The van der Waals surface area contributed by atoms with Crippen molar-refractivity contribution in [2.75, 3.05) is 5.32 Å². The molecule has 5 heteroatoms. The normalized spacial score (nSPS) is 19.1. The zero-order chi connectivity index (χ0) is 18.4. The molecule has 2 aromatic carbocycles. The summed E-state index contributed by atoms with van der Waals surface area (Å²) in [6.45, 7) is 0.443. The van der Waals surface area contributed by atoms with Crippen molar-refractivity contribution in [3.63, 3.8) is 0 Å². The maximum atomic E-state index is 12.5. The van der Waals surface area contributed by atoms with Gasteiger partial charge in [0.1, 0.15) is 0 Å². The van der Waals surface area contributed by atoms with Crippen LogP contribution in [0.25, 0.3) is 0 Å². The van der Waals surface area contributed by atoms with Crippen molar-refractivity contribution in [3.05, 3.63) is 65.7 Å². The molecule has 2 aromatic rings. The Bertz CT molecular complexity index is 761. The molecular weight excluding hydrogens is 326 g/mol. The molecule has 2 amide bonds. The van der Waals surface area contributed by atoms with Crippen molar-refractivity contribution in [3.8, 4) is 0 Å². The lowest BCUT2D eigenvalue weighted by Gasteiger charge is -2.16. The van der Waals surface area contributed by atoms with Crippen molar-refractivity contribution >= 4 is 17.5 Å². The molecule has 26 heavy (non-hydrogen) atoms. The third-order valence-electron chi connectivity index (χ3n) is 4.91. The van der Waals surface area contributed by atoms with Gasteiger partial charge in [0.15, 0.2) is 0 Å². The van der Waals surface area contributed by atoms with Crippen LogP contribution in [0.5, 0.6) is 0 Å². The first kappa shape index (κ1) is 18.1. The lowest BCUT2D eigenvalue weighted by molar-refractivity contribution is -0.117. The predicted octanol–water partition coefficient (Wildman–Crippen LogP) is 3.07. The molecule has 1 aliphatic rings.